The Morgan fingerprint density at radius 1 is 1.17 bits per heavy atom. The highest BCUT2D eigenvalue weighted by molar-refractivity contribution is 7.89. The first-order chi connectivity index (χ1) is 11.3. The van der Waals surface area contributed by atoms with Crippen molar-refractivity contribution in [3.63, 3.8) is 0 Å². The first kappa shape index (κ1) is 16.0. The third kappa shape index (κ3) is 2.61. The third-order valence-corrected chi connectivity index (χ3v) is 5.01. The van der Waals surface area contributed by atoms with Crippen LogP contribution in [-0.4, -0.2) is 24.3 Å². The average molecular weight is 346 g/mol. The van der Waals surface area contributed by atoms with Crippen LogP contribution in [0.3, 0.4) is 0 Å². The first-order valence-electron chi connectivity index (χ1n) is 7.00. The van der Waals surface area contributed by atoms with Gasteiger partial charge in [-0.05, 0) is 25.1 Å². The molecule has 1 aromatic carbocycles. The van der Waals surface area contributed by atoms with Crippen molar-refractivity contribution < 1.29 is 23.1 Å². The minimum atomic E-state index is -3.99. The number of ether oxygens (including phenoxy) is 1. The van der Waals surface area contributed by atoms with Crippen LogP contribution in [0.5, 0.6) is 0 Å². The molecule has 24 heavy (non-hydrogen) atoms. The number of aromatic nitrogens is 1. The lowest BCUT2D eigenvalue weighted by molar-refractivity contribution is -0.131. The van der Waals surface area contributed by atoms with E-state index in [-0.39, 0.29) is 4.90 Å². The van der Waals surface area contributed by atoms with E-state index in [1.165, 1.54) is 31.5 Å². The Morgan fingerprint density at radius 2 is 1.88 bits per heavy atom. The summed E-state index contributed by atoms with van der Waals surface area (Å²) in [6.07, 6.45) is 2.94. The second kappa shape index (κ2) is 5.64. The summed E-state index contributed by atoms with van der Waals surface area (Å²) in [5, 5.41) is 10.0. The van der Waals surface area contributed by atoms with E-state index in [9.17, 15) is 18.3 Å². The molecule has 0 bridgehead atoms. The molecule has 2 N–H and O–H groups in total. The van der Waals surface area contributed by atoms with Gasteiger partial charge in [0.2, 0.25) is 17.2 Å². The predicted octanol–water partition coefficient (Wildman–Crippen LogP) is 1.60. The summed E-state index contributed by atoms with van der Waals surface area (Å²) >= 11 is 0. The number of hydrogen-bond acceptors (Lipinski definition) is 6. The van der Waals surface area contributed by atoms with Crippen LogP contribution in [-0.2, 0) is 25.2 Å². The molecular formula is C16H14N2O5S. The molecule has 0 spiro atoms. The Balaban J connectivity index is 1.92. The minimum absolute atomic E-state index is 0.0173. The van der Waals surface area contributed by atoms with Crippen molar-refractivity contribution in [2.75, 3.05) is 0 Å². The number of ketones is 1. The maximum atomic E-state index is 12.4. The number of benzene rings is 1. The summed E-state index contributed by atoms with van der Waals surface area (Å²) < 4.78 is 32.2. The van der Waals surface area contributed by atoms with Crippen LogP contribution in [0.25, 0.3) is 0 Å². The van der Waals surface area contributed by atoms with E-state index in [0.717, 1.165) is 0 Å². The fraction of sp³-hybridized carbons (Fsp3) is 0.125. The van der Waals surface area contributed by atoms with E-state index in [0.29, 0.717) is 5.56 Å². The van der Waals surface area contributed by atoms with Crippen LogP contribution >= 0.6 is 0 Å². The SMILES string of the molecule is CC1(c2cccnc2)OC(NS(=O)(=O)c2ccccc2)=C(O)C1=O. The molecule has 1 atom stereocenters. The molecule has 2 heterocycles. The van der Waals surface area contributed by atoms with Crippen molar-refractivity contribution in [1.82, 2.24) is 9.71 Å². The molecule has 1 aliphatic heterocycles. The van der Waals surface area contributed by atoms with Crippen molar-refractivity contribution in [2.45, 2.75) is 17.4 Å². The monoisotopic (exact) mass is 346 g/mol. The average Bonchev–Trinajstić information content (AvgIpc) is 2.81. The van der Waals surface area contributed by atoms with Gasteiger partial charge < -0.3 is 9.84 Å². The molecular weight excluding hydrogens is 332 g/mol. The molecule has 124 valence electrons. The fourth-order valence-corrected chi connectivity index (χ4v) is 3.33. The van der Waals surface area contributed by atoms with Crippen molar-refractivity contribution >= 4 is 15.8 Å². The largest absolute Gasteiger partial charge is 0.501 e. The number of sulfonamides is 1. The summed E-state index contributed by atoms with van der Waals surface area (Å²) in [6, 6.07) is 10.8. The number of carbonyl (C=O) groups excluding carboxylic acids is 1. The summed E-state index contributed by atoms with van der Waals surface area (Å²) in [6.45, 7) is 1.44. The third-order valence-electron chi connectivity index (χ3n) is 3.66. The van der Waals surface area contributed by atoms with E-state index in [1.54, 1.807) is 30.3 Å². The molecule has 1 aliphatic rings. The maximum Gasteiger partial charge on any atom is 0.264 e. The quantitative estimate of drug-likeness (QED) is 0.871. The molecule has 8 heteroatoms. The van der Waals surface area contributed by atoms with Crippen molar-refractivity contribution in [1.29, 1.82) is 0 Å². The molecule has 0 radical (unpaired) electrons. The lowest BCUT2D eigenvalue weighted by Gasteiger charge is -2.23. The zero-order valence-electron chi connectivity index (χ0n) is 12.6. The number of Topliss-reactive ketones (excluding diaryl/α,β-unsaturated/α-hetero) is 1. The highest BCUT2D eigenvalue weighted by Crippen LogP contribution is 2.36. The standard InChI is InChI=1S/C16H14N2O5S/c1-16(11-6-5-9-17-10-11)14(20)13(19)15(23-16)18-24(21,22)12-7-3-2-4-8-12/h2-10,18-19H,1H3. The van der Waals surface area contributed by atoms with Crippen LogP contribution in [0, 0.1) is 0 Å². The van der Waals surface area contributed by atoms with Crippen LogP contribution in [0.15, 0.2) is 71.4 Å². The summed E-state index contributed by atoms with van der Waals surface area (Å²) in [5.74, 6) is -2.03. The molecule has 0 saturated heterocycles. The first-order valence-corrected chi connectivity index (χ1v) is 8.48. The van der Waals surface area contributed by atoms with Crippen molar-refractivity contribution in [3.05, 3.63) is 72.1 Å². The maximum absolute atomic E-state index is 12.4. The van der Waals surface area contributed by atoms with Crippen molar-refractivity contribution in [2.24, 2.45) is 0 Å². The zero-order valence-corrected chi connectivity index (χ0v) is 13.4. The molecule has 3 rings (SSSR count). The van der Waals surface area contributed by atoms with Gasteiger partial charge in [-0.15, -0.1) is 0 Å². The Labute approximate surface area is 138 Å². The van der Waals surface area contributed by atoms with Gasteiger partial charge in [-0.1, -0.05) is 24.3 Å². The molecule has 0 saturated carbocycles. The van der Waals surface area contributed by atoms with Gasteiger partial charge in [0.15, 0.2) is 0 Å². The van der Waals surface area contributed by atoms with Gasteiger partial charge in [0.25, 0.3) is 15.8 Å². The topological polar surface area (TPSA) is 106 Å². The molecule has 2 aromatic rings. The van der Waals surface area contributed by atoms with E-state index < -0.39 is 33.0 Å². The van der Waals surface area contributed by atoms with Crippen LogP contribution in [0.4, 0.5) is 0 Å². The number of pyridine rings is 1. The Morgan fingerprint density at radius 3 is 2.50 bits per heavy atom. The van der Waals surface area contributed by atoms with E-state index in [2.05, 4.69) is 9.71 Å². The van der Waals surface area contributed by atoms with Gasteiger partial charge >= 0.3 is 0 Å². The molecule has 7 nitrogen and oxygen atoms in total. The van der Waals surface area contributed by atoms with Crippen LogP contribution < -0.4 is 4.72 Å². The number of nitrogens with one attached hydrogen (secondary N) is 1. The zero-order chi connectivity index (χ0) is 17.4. The molecule has 0 aliphatic carbocycles. The minimum Gasteiger partial charge on any atom is -0.501 e. The van der Waals surface area contributed by atoms with E-state index >= 15 is 0 Å². The number of hydrogen-bond donors (Lipinski definition) is 2. The molecule has 0 amide bonds. The highest BCUT2D eigenvalue weighted by atomic mass is 32.2. The second-order valence-corrected chi connectivity index (χ2v) is 6.98. The normalized spacial score (nSPS) is 20.8. The number of rotatable bonds is 4. The second-order valence-electron chi connectivity index (χ2n) is 5.30. The lowest BCUT2D eigenvalue weighted by Crippen LogP contribution is -2.32. The summed E-state index contributed by atoms with van der Waals surface area (Å²) in [4.78, 5) is 16.3. The number of carbonyl (C=O) groups is 1. The van der Waals surface area contributed by atoms with Crippen molar-refractivity contribution in [3.8, 4) is 0 Å². The smallest absolute Gasteiger partial charge is 0.264 e. The molecule has 1 unspecified atom stereocenters. The van der Waals surface area contributed by atoms with Gasteiger partial charge in [0.1, 0.15) is 0 Å². The highest BCUT2D eigenvalue weighted by Gasteiger charge is 2.49. The van der Waals surface area contributed by atoms with Crippen LogP contribution in [0.2, 0.25) is 0 Å². The van der Waals surface area contributed by atoms with Crippen LogP contribution in [0.1, 0.15) is 12.5 Å². The Kier molecular flexibility index (Phi) is 3.76. The van der Waals surface area contributed by atoms with Gasteiger partial charge in [-0.25, -0.2) is 13.1 Å². The molecule has 0 fully saturated rings. The summed E-state index contributed by atoms with van der Waals surface area (Å²) in [5.41, 5.74) is -1.15. The Bertz CT molecular complexity index is 910. The summed E-state index contributed by atoms with van der Waals surface area (Å²) in [7, 11) is -3.99. The Hall–Kier alpha value is -2.87. The van der Waals surface area contributed by atoms with Gasteiger partial charge in [-0.2, -0.15) is 0 Å². The number of aliphatic hydroxyl groups excluding tert-OH is 1. The van der Waals surface area contributed by atoms with Gasteiger partial charge in [0.05, 0.1) is 4.90 Å². The van der Waals surface area contributed by atoms with E-state index in [1.807, 2.05) is 0 Å². The van der Waals surface area contributed by atoms with Gasteiger partial charge in [-0.3, -0.25) is 9.78 Å². The van der Waals surface area contributed by atoms with Gasteiger partial charge in [0, 0.05) is 18.0 Å². The van der Waals surface area contributed by atoms with E-state index in [4.69, 9.17) is 4.74 Å². The number of nitrogens with zero attached hydrogens (tertiary/aromatic N) is 1. The fourth-order valence-electron chi connectivity index (χ4n) is 2.31. The molecule has 1 aromatic heterocycles. The lowest BCUT2D eigenvalue weighted by atomic mass is 9.93. The number of aliphatic hydroxyl groups is 1. The predicted molar refractivity (Wildman–Crippen MR) is 84.1 cm³/mol.